The fourth-order valence-corrected chi connectivity index (χ4v) is 2.59. The van der Waals surface area contributed by atoms with Crippen molar-refractivity contribution < 1.29 is 5.11 Å². The highest BCUT2D eigenvalue weighted by Gasteiger charge is 2.12. The molecule has 3 aromatic rings. The van der Waals surface area contributed by atoms with Crippen LogP contribution in [0.15, 0.2) is 48.5 Å². The van der Waals surface area contributed by atoms with Crippen molar-refractivity contribution in [2.75, 3.05) is 23.3 Å². The summed E-state index contributed by atoms with van der Waals surface area (Å²) >= 11 is 0. The molecule has 1 aromatic heterocycles. The zero-order valence-electron chi connectivity index (χ0n) is 13.3. The maximum atomic E-state index is 9.59. The number of anilines is 3. The van der Waals surface area contributed by atoms with Crippen LogP contribution in [0.1, 0.15) is 13.8 Å². The number of aromatic nitrogens is 2. The van der Waals surface area contributed by atoms with Gasteiger partial charge < -0.3 is 15.3 Å². The van der Waals surface area contributed by atoms with E-state index in [1.165, 1.54) is 0 Å². The lowest BCUT2D eigenvalue weighted by molar-refractivity contribution is 0.475. The topological polar surface area (TPSA) is 61.3 Å². The predicted octanol–water partition coefficient (Wildman–Crippen LogP) is 3.93. The second-order valence-electron chi connectivity index (χ2n) is 5.24. The third kappa shape index (κ3) is 3.18. The lowest BCUT2D eigenvalue weighted by Gasteiger charge is -2.22. The lowest BCUT2D eigenvalue weighted by Crippen LogP contribution is -2.23. The van der Waals surface area contributed by atoms with Gasteiger partial charge in [-0.25, -0.2) is 4.98 Å². The average Bonchev–Trinajstić information content (AvgIpc) is 2.56. The summed E-state index contributed by atoms with van der Waals surface area (Å²) in [7, 11) is 0. The van der Waals surface area contributed by atoms with Crippen LogP contribution in [0, 0.1) is 0 Å². The molecule has 0 saturated carbocycles. The number of phenolic OH excluding ortho intramolecular Hbond substituents is 1. The monoisotopic (exact) mass is 308 g/mol. The summed E-state index contributed by atoms with van der Waals surface area (Å²) in [5.41, 5.74) is 1.65. The van der Waals surface area contributed by atoms with Gasteiger partial charge in [-0.2, -0.15) is 4.98 Å². The summed E-state index contributed by atoms with van der Waals surface area (Å²) in [6, 6.07) is 14.9. The Bertz CT molecular complexity index is 815. The number of rotatable bonds is 5. The highest BCUT2D eigenvalue weighted by Crippen LogP contribution is 2.27. The quantitative estimate of drug-likeness (QED) is 0.748. The van der Waals surface area contributed by atoms with Crippen LogP contribution in [0.4, 0.5) is 17.5 Å². The van der Waals surface area contributed by atoms with Crippen molar-refractivity contribution >= 4 is 28.4 Å². The molecule has 0 aliphatic carbocycles. The third-order valence-electron chi connectivity index (χ3n) is 3.75. The molecule has 2 aromatic carbocycles. The molecule has 0 unspecified atom stereocenters. The normalized spacial score (nSPS) is 10.7. The van der Waals surface area contributed by atoms with E-state index in [4.69, 9.17) is 0 Å². The number of fused-ring (bicyclic) bond motifs is 1. The molecule has 0 bridgehead atoms. The number of nitrogens with zero attached hydrogens (tertiary/aromatic N) is 3. The molecule has 0 atom stereocenters. The highest BCUT2D eigenvalue weighted by atomic mass is 16.3. The maximum Gasteiger partial charge on any atom is 0.229 e. The Balaban J connectivity index is 2.07. The number of phenols is 1. The van der Waals surface area contributed by atoms with Crippen LogP contribution in [0.3, 0.4) is 0 Å². The summed E-state index contributed by atoms with van der Waals surface area (Å²) in [6.45, 7) is 5.98. The molecular weight excluding hydrogens is 288 g/mol. The Labute approximate surface area is 135 Å². The van der Waals surface area contributed by atoms with Crippen LogP contribution in [0.5, 0.6) is 5.75 Å². The van der Waals surface area contributed by atoms with Gasteiger partial charge in [-0.3, -0.25) is 0 Å². The van der Waals surface area contributed by atoms with E-state index in [1.54, 1.807) is 18.2 Å². The fraction of sp³-hybridized carbons (Fsp3) is 0.222. The summed E-state index contributed by atoms with van der Waals surface area (Å²) < 4.78 is 0. The molecule has 1 heterocycles. The zero-order chi connectivity index (χ0) is 16.2. The number of hydrogen-bond acceptors (Lipinski definition) is 5. The van der Waals surface area contributed by atoms with Crippen molar-refractivity contribution in [2.24, 2.45) is 0 Å². The van der Waals surface area contributed by atoms with Gasteiger partial charge >= 0.3 is 0 Å². The van der Waals surface area contributed by atoms with Gasteiger partial charge in [-0.05, 0) is 38.1 Å². The minimum absolute atomic E-state index is 0.208. The van der Waals surface area contributed by atoms with Crippen molar-refractivity contribution in [3.8, 4) is 5.75 Å². The summed E-state index contributed by atoms with van der Waals surface area (Å²) in [4.78, 5) is 11.5. The maximum absolute atomic E-state index is 9.59. The minimum atomic E-state index is 0.208. The Morgan fingerprint density at radius 3 is 2.52 bits per heavy atom. The van der Waals surface area contributed by atoms with E-state index in [0.717, 1.165) is 35.5 Å². The molecule has 3 rings (SSSR count). The van der Waals surface area contributed by atoms with Crippen molar-refractivity contribution in [2.45, 2.75) is 13.8 Å². The molecule has 0 radical (unpaired) electrons. The first-order valence-corrected chi connectivity index (χ1v) is 7.79. The predicted molar refractivity (Wildman–Crippen MR) is 94.5 cm³/mol. The van der Waals surface area contributed by atoms with Crippen molar-refractivity contribution in [3.05, 3.63) is 48.5 Å². The number of benzene rings is 2. The van der Waals surface area contributed by atoms with Crippen LogP contribution in [0.2, 0.25) is 0 Å². The zero-order valence-corrected chi connectivity index (χ0v) is 13.3. The van der Waals surface area contributed by atoms with Crippen molar-refractivity contribution in [3.63, 3.8) is 0 Å². The van der Waals surface area contributed by atoms with E-state index in [2.05, 4.69) is 34.0 Å². The van der Waals surface area contributed by atoms with Crippen LogP contribution >= 0.6 is 0 Å². The van der Waals surface area contributed by atoms with Gasteiger partial charge in [-0.15, -0.1) is 0 Å². The smallest absolute Gasteiger partial charge is 0.229 e. The lowest BCUT2D eigenvalue weighted by atomic mass is 10.2. The first-order valence-electron chi connectivity index (χ1n) is 7.79. The van der Waals surface area contributed by atoms with E-state index < -0.39 is 0 Å². The van der Waals surface area contributed by atoms with E-state index >= 15 is 0 Å². The second-order valence-corrected chi connectivity index (χ2v) is 5.24. The van der Waals surface area contributed by atoms with E-state index in [9.17, 15) is 5.11 Å². The van der Waals surface area contributed by atoms with Gasteiger partial charge in [0.25, 0.3) is 0 Å². The Kier molecular flexibility index (Phi) is 4.28. The van der Waals surface area contributed by atoms with Gasteiger partial charge in [0.05, 0.1) is 5.52 Å². The molecule has 118 valence electrons. The number of hydrogen-bond donors (Lipinski definition) is 2. The van der Waals surface area contributed by atoms with Gasteiger partial charge in [0.1, 0.15) is 11.6 Å². The summed E-state index contributed by atoms with van der Waals surface area (Å²) in [6.07, 6.45) is 0. The van der Waals surface area contributed by atoms with Crippen LogP contribution in [0.25, 0.3) is 10.9 Å². The van der Waals surface area contributed by atoms with E-state index in [0.29, 0.717) is 5.95 Å². The van der Waals surface area contributed by atoms with Crippen LogP contribution < -0.4 is 10.2 Å². The molecule has 5 heteroatoms. The molecular formula is C18H20N4O. The number of para-hydroxylation sites is 1. The number of nitrogens with one attached hydrogen (secondary N) is 1. The van der Waals surface area contributed by atoms with Gasteiger partial charge in [0, 0.05) is 30.2 Å². The third-order valence-corrected chi connectivity index (χ3v) is 3.75. The Morgan fingerprint density at radius 1 is 1.00 bits per heavy atom. The molecule has 0 aliphatic heterocycles. The van der Waals surface area contributed by atoms with E-state index in [-0.39, 0.29) is 5.75 Å². The highest BCUT2D eigenvalue weighted by molar-refractivity contribution is 5.90. The first kappa shape index (κ1) is 15.1. The largest absolute Gasteiger partial charge is 0.508 e. The summed E-state index contributed by atoms with van der Waals surface area (Å²) in [5.74, 6) is 1.65. The molecule has 23 heavy (non-hydrogen) atoms. The molecule has 0 fully saturated rings. The van der Waals surface area contributed by atoms with Crippen molar-refractivity contribution in [1.29, 1.82) is 0 Å². The Hall–Kier alpha value is -2.82. The number of aromatic hydroxyl groups is 1. The molecule has 5 nitrogen and oxygen atoms in total. The standard InChI is InChI=1S/C18H20N4O/c1-3-22(4-2)17-15-10-5-6-11-16(15)20-18(21-17)19-13-8-7-9-14(23)12-13/h5-12,23H,3-4H2,1-2H3,(H,19,20,21). The average molecular weight is 308 g/mol. The SMILES string of the molecule is CCN(CC)c1nc(Nc2cccc(O)c2)nc2ccccc12. The van der Waals surface area contributed by atoms with Crippen molar-refractivity contribution in [1.82, 2.24) is 9.97 Å². The first-order chi connectivity index (χ1) is 11.2. The van der Waals surface area contributed by atoms with Crippen LogP contribution in [-0.4, -0.2) is 28.2 Å². The van der Waals surface area contributed by atoms with E-state index in [1.807, 2.05) is 30.3 Å². The molecule has 0 saturated heterocycles. The molecule has 0 amide bonds. The molecule has 0 spiro atoms. The Morgan fingerprint density at radius 2 is 1.78 bits per heavy atom. The second kappa shape index (κ2) is 6.52. The van der Waals surface area contributed by atoms with Gasteiger partial charge in [-0.1, -0.05) is 18.2 Å². The minimum Gasteiger partial charge on any atom is -0.508 e. The van der Waals surface area contributed by atoms with Gasteiger partial charge in [0.2, 0.25) is 5.95 Å². The molecule has 0 aliphatic rings. The van der Waals surface area contributed by atoms with Crippen LogP contribution in [-0.2, 0) is 0 Å². The molecule has 2 N–H and O–H groups in total. The fourth-order valence-electron chi connectivity index (χ4n) is 2.59. The summed E-state index contributed by atoms with van der Waals surface area (Å²) in [5, 5.41) is 13.8. The van der Waals surface area contributed by atoms with Gasteiger partial charge in [0.15, 0.2) is 0 Å².